The van der Waals surface area contributed by atoms with Gasteiger partial charge in [-0.3, -0.25) is 4.79 Å². The molecule has 0 radical (unpaired) electrons. The first-order valence-corrected chi connectivity index (χ1v) is 5.14. The molecule has 0 aliphatic heterocycles. The molecule has 0 aliphatic rings. The zero-order valence-electron chi connectivity index (χ0n) is 9.22. The van der Waals surface area contributed by atoms with Crippen LogP contribution < -0.4 is 4.74 Å². The van der Waals surface area contributed by atoms with Gasteiger partial charge >= 0.3 is 5.97 Å². The molecule has 1 atom stereocenters. The van der Waals surface area contributed by atoms with E-state index in [-0.39, 0.29) is 6.61 Å². The van der Waals surface area contributed by atoms with Gasteiger partial charge in [0.05, 0.1) is 19.6 Å². The van der Waals surface area contributed by atoms with Gasteiger partial charge in [0.15, 0.2) is 0 Å². The van der Waals surface area contributed by atoms with Crippen molar-refractivity contribution in [3.8, 4) is 5.75 Å². The van der Waals surface area contributed by atoms with Gasteiger partial charge < -0.3 is 14.9 Å². The second kappa shape index (κ2) is 6.12. The fourth-order valence-electron chi connectivity index (χ4n) is 1.43. The number of hydrogen-bond acceptors (Lipinski definition) is 3. The van der Waals surface area contributed by atoms with Crippen LogP contribution in [0, 0.1) is 5.92 Å². The number of aliphatic carboxylic acids is 1. The molecular weight excluding hydrogens is 208 g/mol. The Bertz CT molecular complexity index is 331. The number of aryl methyl sites for hydroxylation is 1. The van der Waals surface area contributed by atoms with Crippen LogP contribution in [0.15, 0.2) is 24.3 Å². The SMILES string of the molecule is COc1ccc(CCC(CO)C(=O)O)cc1. The predicted molar refractivity (Wildman–Crippen MR) is 59.5 cm³/mol. The number of methoxy groups -OCH3 is 1. The molecule has 0 saturated carbocycles. The molecular formula is C12H16O4. The molecule has 0 aliphatic carbocycles. The summed E-state index contributed by atoms with van der Waals surface area (Å²) >= 11 is 0. The van der Waals surface area contributed by atoms with Gasteiger partial charge in [-0.05, 0) is 30.5 Å². The highest BCUT2D eigenvalue weighted by atomic mass is 16.5. The highest BCUT2D eigenvalue weighted by Gasteiger charge is 2.15. The summed E-state index contributed by atoms with van der Waals surface area (Å²) in [7, 11) is 1.60. The quantitative estimate of drug-likeness (QED) is 0.764. The van der Waals surface area contributed by atoms with Crippen LogP contribution in [0.4, 0.5) is 0 Å². The summed E-state index contributed by atoms with van der Waals surface area (Å²) in [5.41, 5.74) is 1.04. The Labute approximate surface area is 94.5 Å². The Hall–Kier alpha value is -1.55. The van der Waals surface area contributed by atoms with Crippen molar-refractivity contribution in [2.45, 2.75) is 12.8 Å². The fraction of sp³-hybridized carbons (Fsp3) is 0.417. The van der Waals surface area contributed by atoms with Crippen molar-refractivity contribution in [1.29, 1.82) is 0 Å². The summed E-state index contributed by atoms with van der Waals surface area (Å²) in [5.74, 6) is -0.848. The molecule has 0 amide bonds. The minimum Gasteiger partial charge on any atom is -0.497 e. The third-order valence-corrected chi connectivity index (χ3v) is 2.51. The number of aliphatic hydroxyl groups is 1. The summed E-state index contributed by atoms with van der Waals surface area (Å²) in [5, 5.41) is 17.6. The van der Waals surface area contributed by atoms with Crippen LogP contribution in [0.5, 0.6) is 5.75 Å². The summed E-state index contributed by atoms with van der Waals surface area (Å²) in [6, 6.07) is 7.47. The van der Waals surface area contributed by atoms with Gasteiger partial charge in [-0.1, -0.05) is 12.1 Å². The van der Waals surface area contributed by atoms with Crippen molar-refractivity contribution in [2.75, 3.05) is 13.7 Å². The Morgan fingerprint density at radius 1 is 1.38 bits per heavy atom. The van der Waals surface area contributed by atoms with Gasteiger partial charge in [0.1, 0.15) is 5.75 Å². The molecule has 4 nitrogen and oxygen atoms in total. The van der Waals surface area contributed by atoms with E-state index >= 15 is 0 Å². The first-order chi connectivity index (χ1) is 7.67. The molecule has 1 rings (SSSR count). The molecule has 2 N–H and O–H groups in total. The number of carboxylic acids is 1. The van der Waals surface area contributed by atoms with Crippen LogP contribution >= 0.6 is 0 Å². The maximum atomic E-state index is 10.7. The number of ether oxygens (including phenoxy) is 1. The molecule has 0 saturated heterocycles. The molecule has 0 bridgehead atoms. The predicted octanol–water partition coefficient (Wildman–Crippen LogP) is 1.32. The maximum Gasteiger partial charge on any atom is 0.308 e. The summed E-state index contributed by atoms with van der Waals surface area (Å²) in [6.07, 6.45) is 1.08. The third kappa shape index (κ3) is 3.55. The molecule has 4 heteroatoms. The van der Waals surface area contributed by atoms with Crippen molar-refractivity contribution < 1.29 is 19.7 Å². The molecule has 0 heterocycles. The Balaban J connectivity index is 2.50. The molecule has 0 fully saturated rings. The zero-order chi connectivity index (χ0) is 12.0. The highest BCUT2D eigenvalue weighted by molar-refractivity contribution is 5.70. The van der Waals surface area contributed by atoms with Crippen LogP contribution in [-0.4, -0.2) is 29.9 Å². The zero-order valence-corrected chi connectivity index (χ0v) is 9.22. The van der Waals surface area contributed by atoms with Crippen LogP contribution in [0.1, 0.15) is 12.0 Å². The van der Waals surface area contributed by atoms with Gasteiger partial charge in [-0.25, -0.2) is 0 Å². The van der Waals surface area contributed by atoms with Crippen LogP contribution in [0.2, 0.25) is 0 Å². The summed E-state index contributed by atoms with van der Waals surface area (Å²) < 4.78 is 5.02. The molecule has 1 aromatic carbocycles. The summed E-state index contributed by atoms with van der Waals surface area (Å²) in [4.78, 5) is 10.7. The Morgan fingerprint density at radius 2 is 2.00 bits per heavy atom. The first kappa shape index (κ1) is 12.5. The average Bonchev–Trinajstić information content (AvgIpc) is 2.30. The molecule has 1 aromatic rings. The lowest BCUT2D eigenvalue weighted by Crippen LogP contribution is -2.18. The third-order valence-electron chi connectivity index (χ3n) is 2.51. The van der Waals surface area contributed by atoms with E-state index in [2.05, 4.69) is 0 Å². The van der Waals surface area contributed by atoms with Crippen molar-refractivity contribution in [3.05, 3.63) is 29.8 Å². The number of hydrogen-bond donors (Lipinski definition) is 2. The van der Waals surface area contributed by atoms with Crippen molar-refractivity contribution in [2.24, 2.45) is 5.92 Å². The van der Waals surface area contributed by atoms with Gasteiger partial charge in [0.25, 0.3) is 0 Å². The number of carboxylic acid groups (broad SMARTS) is 1. The monoisotopic (exact) mass is 224 g/mol. The minimum absolute atomic E-state index is 0.314. The standard InChI is InChI=1S/C12H16O4/c1-16-11-6-3-9(4-7-11)2-5-10(8-13)12(14)15/h3-4,6-7,10,13H,2,5,8H2,1H3,(H,14,15). The van der Waals surface area contributed by atoms with Gasteiger partial charge in [0, 0.05) is 0 Å². The molecule has 1 unspecified atom stereocenters. The average molecular weight is 224 g/mol. The second-order valence-corrected chi connectivity index (χ2v) is 3.60. The number of rotatable bonds is 6. The molecule has 16 heavy (non-hydrogen) atoms. The summed E-state index contributed by atoms with van der Waals surface area (Å²) in [6.45, 7) is -0.314. The van der Waals surface area contributed by atoms with Crippen LogP contribution in [0.25, 0.3) is 0 Å². The van der Waals surface area contributed by atoms with E-state index in [9.17, 15) is 4.79 Å². The number of benzene rings is 1. The molecule has 88 valence electrons. The Morgan fingerprint density at radius 3 is 2.44 bits per heavy atom. The van der Waals surface area contributed by atoms with E-state index < -0.39 is 11.9 Å². The van der Waals surface area contributed by atoms with E-state index in [1.807, 2.05) is 24.3 Å². The lowest BCUT2D eigenvalue weighted by atomic mass is 10.0. The second-order valence-electron chi connectivity index (χ2n) is 3.60. The van der Waals surface area contributed by atoms with Crippen LogP contribution in [0.3, 0.4) is 0 Å². The first-order valence-electron chi connectivity index (χ1n) is 5.14. The minimum atomic E-state index is -0.948. The molecule has 0 spiro atoms. The maximum absolute atomic E-state index is 10.7. The Kier molecular flexibility index (Phi) is 4.79. The van der Waals surface area contributed by atoms with Crippen molar-refractivity contribution in [3.63, 3.8) is 0 Å². The normalized spacial score (nSPS) is 12.1. The topological polar surface area (TPSA) is 66.8 Å². The van der Waals surface area contributed by atoms with Crippen molar-refractivity contribution >= 4 is 5.97 Å². The van der Waals surface area contributed by atoms with Crippen LogP contribution in [-0.2, 0) is 11.2 Å². The van der Waals surface area contributed by atoms with Gasteiger partial charge in [-0.2, -0.15) is 0 Å². The number of carbonyl (C=O) groups is 1. The fourth-order valence-corrected chi connectivity index (χ4v) is 1.43. The van der Waals surface area contributed by atoms with Crippen molar-refractivity contribution in [1.82, 2.24) is 0 Å². The van der Waals surface area contributed by atoms with Gasteiger partial charge in [0.2, 0.25) is 0 Å². The van der Waals surface area contributed by atoms with E-state index in [1.54, 1.807) is 7.11 Å². The van der Waals surface area contributed by atoms with E-state index in [4.69, 9.17) is 14.9 Å². The molecule has 0 aromatic heterocycles. The van der Waals surface area contributed by atoms with E-state index in [1.165, 1.54) is 0 Å². The lowest BCUT2D eigenvalue weighted by Gasteiger charge is -2.08. The van der Waals surface area contributed by atoms with E-state index in [0.29, 0.717) is 12.8 Å². The highest BCUT2D eigenvalue weighted by Crippen LogP contribution is 2.14. The number of aliphatic hydroxyl groups excluding tert-OH is 1. The smallest absolute Gasteiger partial charge is 0.308 e. The van der Waals surface area contributed by atoms with E-state index in [0.717, 1.165) is 11.3 Å². The lowest BCUT2D eigenvalue weighted by molar-refractivity contribution is -0.143. The van der Waals surface area contributed by atoms with Gasteiger partial charge in [-0.15, -0.1) is 0 Å². The largest absolute Gasteiger partial charge is 0.497 e.